The second-order valence-corrected chi connectivity index (χ2v) is 9.48. The van der Waals surface area contributed by atoms with Gasteiger partial charge in [0.15, 0.2) is 5.82 Å². The van der Waals surface area contributed by atoms with Gasteiger partial charge in [-0.2, -0.15) is 9.97 Å². The number of fused-ring (bicyclic) bond motifs is 1. The maximum Gasteiger partial charge on any atom is 0.325 e. The van der Waals surface area contributed by atoms with Crippen molar-refractivity contribution in [2.24, 2.45) is 5.84 Å². The van der Waals surface area contributed by atoms with E-state index >= 15 is 0 Å². The quantitative estimate of drug-likeness (QED) is 0.312. The van der Waals surface area contributed by atoms with Crippen LogP contribution in [0.4, 0.5) is 17.5 Å². The van der Waals surface area contributed by atoms with E-state index in [1.807, 2.05) is 38.1 Å². The number of piperazine rings is 1. The van der Waals surface area contributed by atoms with Crippen LogP contribution in [-0.4, -0.2) is 58.2 Å². The lowest BCUT2D eigenvalue weighted by atomic mass is 10.1. The predicted octanol–water partition coefficient (Wildman–Crippen LogP) is 4.24. The van der Waals surface area contributed by atoms with E-state index in [9.17, 15) is 0 Å². The normalized spacial score (nSPS) is 14.8. The zero-order valence-electron chi connectivity index (χ0n) is 20.9. The lowest BCUT2D eigenvalue weighted by molar-refractivity contribution is 0.311. The van der Waals surface area contributed by atoms with Gasteiger partial charge in [0.25, 0.3) is 0 Å². The Bertz CT molecular complexity index is 1340. The molecule has 3 aromatic heterocycles. The molecule has 0 atom stereocenters. The molecule has 4 heterocycles. The fraction of sp³-hybridized carbons (Fsp3) is 0.400. The third kappa shape index (κ3) is 4.67. The first-order valence-electron chi connectivity index (χ1n) is 11.9. The van der Waals surface area contributed by atoms with Crippen molar-refractivity contribution in [2.45, 2.75) is 33.6 Å². The van der Waals surface area contributed by atoms with Crippen molar-refractivity contribution in [3.8, 4) is 11.8 Å². The van der Waals surface area contributed by atoms with Gasteiger partial charge < -0.3 is 24.0 Å². The number of aromatic amines is 1. The van der Waals surface area contributed by atoms with E-state index in [4.69, 9.17) is 20.1 Å². The number of nitrogens with zero attached hydrogens (tertiary/aromatic N) is 6. The fourth-order valence-corrected chi connectivity index (χ4v) is 4.22. The zero-order valence-corrected chi connectivity index (χ0v) is 20.9. The van der Waals surface area contributed by atoms with Gasteiger partial charge in [-0.15, -0.1) is 0 Å². The lowest BCUT2D eigenvalue weighted by Gasteiger charge is -2.33. The Balaban J connectivity index is 1.52. The van der Waals surface area contributed by atoms with Crippen LogP contribution in [-0.2, 0) is 0 Å². The minimum absolute atomic E-state index is 0.223. The number of aromatic nitrogens is 4. The van der Waals surface area contributed by atoms with E-state index in [0.29, 0.717) is 17.5 Å². The van der Waals surface area contributed by atoms with Gasteiger partial charge in [-0.05, 0) is 45.0 Å². The first kappa shape index (κ1) is 23.1. The highest BCUT2D eigenvalue weighted by atomic mass is 16.5. The molecule has 1 aliphatic rings. The van der Waals surface area contributed by atoms with Crippen LogP contribution in [0.15, 0.2) is 34.9 Å². The van der Waals surface area contributed by atoms with Gasteiger partial charge in [0.2, 0.25) is 5.88 Å². The third-order valence-corrected chi connectivity index (χ3v) is 6.46. The molecule has 10 nitrogen and oxygen atoms in total. The molecule has 0 unspecified atom stereocenters. The van der Waals surface area contributed by atoms with Gasteiger partial charge in [0, 0.05) is 60.5 Å². The molecule has 1 saturated heterocycles. The first-order chi connectivity index (χ1) is 16.8. The molecule has 1 aliphatic heterocycles. The Hall–Kier alpha value is -3.63. The highest BCUT2D eigenvalue weighted by Gasteiger charge is 2.22. The topological polar surface area (TPSA) is 113 Å². The fourth-order valence-electron chi connectivity index (χ4n) is 4.22. The summed E-state index contributed by atoms with van der Waals surface area (Å²) >= 11 is 0. The second-order valence-electron chi connectivity index (χ2n) is 9.48. The van der Waals surface area contributed by atoms with Crippen molar-refractivity contribution in [1.82, 2.24) is 25.0 Å². The van der Waals surface area contributed by atoms with Crippen molar-refractivity contribution >= 4 is 28.4 Å². The molecule has 0 bridgehead atoms. The van der Waals surface area contributed by atoms with Crippen LogP contribution in [0.3, 0.4) is 0 Å². The summed E-state index contributed by atoms with van der Waals surface area (Å²) in [5.41, 5.74) is 4.01. The van der Waals surface area contributed by atoms with Crippen LogP contribution in [0.5, 0.6) is 11.8 Å². The number of nitrogens with two attached hydrogens (primary N) is 1. The van der Waals surface area contributed by atoms with Gasteiger partial charge in [-0.25, -0.2) is 10.9 Å². The summed E-state index contributed by atoms with van der Waals surface area (Å²) in [6.07, 6.45) is 0. The summed E-state index contributed by atoms with van der Waals surface area (Å²) in [5.74, 6) is 8.99. The molecule has 0 amide bonds. The average Bonchev–Trinajstić information content (AvgIpc) is 3.48. The molecule has 10 heteroatoms. The molecule has 3 N–H and O–H groups in total. The standard InChI is InChI=1S/C25H32N8O2/c1-15(2)20-13-24(35-30-20)33(26)23-14-22(32-10-8-31(5)9-11-32)28-25(29-23)34-21-7-6-19-18(17(21)4)12-16(3)27-19/h6-7,12-15,27H,8-11,26H2,1-5H3. The molecular weight excluding hydrogens is 444 g/mol. The number of hydrogen-bond acceptors (Lipinski definition) is 9. The summed E-state index contributed by atoms with van der Waals surface area (Å²) in [6, 6.07) is 9.97. The highest BCUT2D eigenvalue weighted by molar-refractivity contribution is 5.86. The Morgan fingerprint density at radius 1 is 1.09 bits per heavy atom. The molecule has 1 fully saturated rings. The van der Waals surface area contributed by atoms with Crippen LogP contribution in [0.25, 0.3) is 10.9 Å². The van der Waals surface area contributed by atoms with Crippen LogP contribution >= 0.6 is 0 Å². The SMILES string of the molecule is Cc1cc2c(C)c(Oc3nc(N4CCN(C)CC4)cc(N(N)c4cc(C(C)C)no4)n3)ccc2[nH]1. The number of H-pyrrole nitrogens is 1. The second kappa shape index (κ2) is 9.20. The first-order valence-corrected chi connectivity index (χ1v) is 11.9. The molecular formula is C25H32N8O2. The number of aryl methyl sites for hydroxylation is 2. The maximum absolute atomic E-state index is 6.44. The Morgan fingerprint density at radius 2 is 1.86 bits per heavy atom. The summed E-state index contributed by atoms with van der Waals surface area (Å²) < 4.78 is 11.7. The maximum atomic E-state index is 6.44. The Morgan fingerprint density at radius 3 is 2.57 bits per heavy atom. The molecule has 35 heavy (non-hydrogen) atoms. The summed E-state index contributed by atoms with van der Waals surface area (Å²) in [5, 5.41) is 6.62. The number of hydrogen-bond donors (Lipinski definition) is 2. The van der Waals surface area contributed by atoms with Crippen LogP contribution in [0.1, 0.15) is 36.7 Å². The minimum atomic E-state index is 0.223. The molecule has 1 aromatic carbocycles. The van der Waals surface area contributed by atoms with Crippen molar-refractivity contribution in [1.29, 1.82) is 0 Å². The molecule has 0 saturated carbocycles. The van der Waals surface area contributed by atoms with E-state index in [2.05, 4.69) is 51.9 Å². The summed E-state index contributed by atoms with van der Waals surface area (Å²) in [4.78, 5) is 17.3. The van der Waals surface area contributed by atoms with Crippen molar-refractivity contribution in [2.75, 3.05) is 43.1 Å². The third-order valence-electron chi connectivity index (χ3n) is 6.46. The van der Waals surface area contributed by atoms with Gasteiger partial charge in [0.05, 0.1) is 5.69 Å². The van der Waals surface area contributed by atoms with Gasteiger partial charge in [-0.1, -0.05) is 19.0 Å². The average molecular weight is 477 g/mol. The van der Waals surface area contributed by atoms with E-state index < -0.39 is 0 Å². The van der Waals surface area contributed by atoms with Crippen LogP contribution in [0, 0.1) is 13.8 Å². The Kier molecular flexibility index (Phi) is 6.08. The number of likely N-dealkylation sites (N-methyl/N-ethyl adjacent to an activating group) is 1. The molecule has 5 rings (SSSR count). The minimum Gasteiger partial charge on any atom is -0.424 e. The van der Waals surface area contributed by atoms with Gasteiger partial charge in [-0.3, -0.25) is 0 Å². The van der Waals surface area contributed by atoms with Crippen LogP contribution in [0.2, 0.25) is 0 Å². The van der Waals surface area contributed by atoms with Crippen molar-refractivity contribution < 1.29 is 9.26 Å². The number of benzene rings is 1. The largest absolute Gasteiger partial charge is 0.424 e. The smallest absolute Gasteiger partial charge is 0.325 e. The molecule has 0 spiro atoms. The Labute approximate surface area is 204 Å². The van der Waals surface area contributed by atoms with E-state index in [1.54, 1.807) is 0 Å². The zero-order chi connectivity index (χ0) is 24.7. The molecule has 0 aliphatic carbocycles. The number of hydrazine groups is 1. The van der Waals surface area contributed by atoms with Crippen LogP contribution < -0.4 is 20.5 Å². The number of anilines is 3. The van der Waals surface area contributed by atoms with Crippen molar-refractivity contribution in [3.63, 3.8) is 0 Å². The van der Waals surface area contributed by atoms with Gasteiger partial charge in [0.1, 0.15) is 11.6 Å². The lowest BCUT2D eigenvalue weighted by Crippen LogP contribution is -2.45. The number of ether oxygens (including phenoxy) is 1. The molecule has 4 aromatic rings. The monoisotopic (exact) mass is 476 g/mol. The van der Waals surface area contributed by atoms with Gasteiger partial charge >= 0.3 is 6.01 Å². The number of rotatable bonds is 6. The molecule has 0 radical (unpaired) electrons. The van der Waals surface area contributed by atoms with E-state index in [1.165, 1.54) is 5.01 Å². The predicted molar refractivity (Wildman–Crippen MR) is 137 cm³/mol. The van der Waals surface area contributed by atoms with E-state index in [-0.39, 0.29) is 11.9 Å². The molecule has 184 valence electrons. The summed E-state index contributed by atoms with van der Waals surface area (Å²) in [7, 11) is 2.12. The summed E-state index contributed by atoms with van der Waals surface area (Å²) in [6.45, 7) is 11.8. The highest BCUT2D eigenvalue weighted by Crippen LogP contribution is 2.33. The van der Waals surface area contributed by atoms with Crippen molar-refractivity contribution in [3.05, 3.63) is 47.3 Å². The number of nitrogens with one attached hydrogen (secondary N) is 1. The van der Waals surface area contributed by atoms with E-state index in [0.717, 1.165) is 59.9 Å².